The molecule has 1 aliphatic heterocycles. The van der Waals surface area contributed by atoms with Crippen LogP contribution in [0.3, 0.4) is 0 Å². The molecule has 0 bridgehead atoms. The van der Waals surface area contributed by atoms with E-state index in [-0.39, 0.29) is 18.2 Å². The van der Waals surface area contributed by atoms with E-state index in [1.165, 1.54) is 7.11 Å². The lowest BCUT2D eigenvalue weighted by atomic mass is 10.0. The minimum atomic E-state index is -0.416. The molecule has 11 heavy (non-hydrogen) atoms. The Hall–Kier alpha value is -0.900. The number of ether oxygens (including phenoxy) is 1. The Morgan fingerprint density at radius 3 is 3.00 bits per heavy atom. The Kier molecular flexibility index (Phi) is 2.59. The van der Waals surface area contributed by atoms with E-state index >= 15 is 0 Å². The van der Waals surface area contributed by atoms with Crippen LogP contribution in [0.2, 0.25) is 0 Å². The molecule has 4 heteroatoms. The molecule has 4 nitrogen and oxygen atoms in total. The van der Waals surface area contributed by atoms with E-state index in [0.29, 0.717) is 13.0 Å². The van der Waals surface area contributed by atoms with E-state index in [4.69, 9.17) is 0 Å². The standard InChI is InChI=1S/C7H11NO3/c1-11-7(10)6-4-5(9)2-3-8-6/h6,8H,2-4H2,1H3/t6-/m0/s1. The van der Waals surface area contributed by atoms with E-state index < -0.39 is 6.04 Å². The van der Waals surface area contributed by atoms with Crippen LogP contribution in [0.5, 0.6) is 0 Å². The van der Waals surface area contributed by atoms with Crippen molar-refractivity contribution in [2.75, 3.05) is 13.7 Å². The zero-order chi connectivity index (χ0) is 8.27. The van der Waals surface area contributed by atoms with Crippen molar-refractivity contribution in [3.05, 3.63) is 0 Å². The Labute approximate surface area is 64.9 Å². The van der Waals surface area contributed by atoms with Crippen LogP contribution in [0.1, 0.15) is 12.8 Å². The van der Waals surface area contributed by atoms with Gasteiger partial charge in [0.2, 0.25) is 0 Å². The first-order valence-electron chi connectivity index (χ1n) is 3.57. The molecule has 1 aliphatic rings. The second kappa shape index (κ2) is 3.48. The van der Waals surface area contributed by atoms with Crippen molar-refractivity contribution in [1.29, 1.82) is 0 Å². The van der Waals surface area contributed by atoms with E-state index in [1.807, 2.05) is 0 Å². The number of carbonyl (C=O) groups excluding carboxylic acids is 2. The Balaban J connectivity index is 2.45. The van der Waals surface area contributed by atoms with Crippen LogP contribution < -0.4 is 5.32 Å². The molecule has 0 radical (unpaired) electrons. The van der Waals surface area contributed by atoms with Crippen molar-refractivity contribution >= 4 is 11.8 Å². The normalized spacial score (nSPS) is 24.8. The van der Waals surface area contributed by atoms with E-state index in [1.54, 1.807) is 0 Å². The SMILES string of the molecule is COC(=O)[C@@H]1CC(=O)CCN1. The van der Waals surface area contributed by atoms with Gasteiger partial charge in [0.25, 0.3) is 0 Å². The Bertz CT molecular complexity index is 179. The van der Waals surface area contributed by atoms with Gasteiger partial charge in [0.15, 0.2) is 0 Å². The van der Waals surface area contributed by atoms with Gasteiger partial charge in [-0.3, -0.25) is 9.59 Å². The van der Waals surface area contributed by atoms with Crippen molar-refractivity contribution in [1.82, 2.24) is 5.32 Å². The highest BCUT2D eigenvalue weighted by atomic mass is 16.5. The summed E-state index contributed by atoms with van der Waals surface area (Å²) in [4.78, 5) is 21.7. The zero-order valence-corrected chi connectivity index (χ0v) is 6.42. The van der Waals surface area contributed by atoms with E-state index in [2.05, 4.69) is 10.1 Å². The number of nitrogens with one attached hydrogen (secondary N) is 1. The fourth-order valence-corrected chi connectivity index (χ4v) is 1.10. The van der Waals surface area contributed by atoms with Gasteiger partial charge in [0, 0.05) is 19.4 Å². The van der Waals surface area contributed by atoms with Crippen molar-refractivity contribution in [2.45, 2.75) is 18.9 Å². The lowest BCUT2D eigenvalue weighted by Crippen LogP contribution is -2.44. The van der Waals surface area contributed by atoms with Crippen LogP contribution in [0.4, 0.5) is 0 Å². The molecule has 1 saturated heterocycles. The second-order valence-corrected chi connectivity index (χ2v) is 2.52. The molecule has 0 aromatic carbocycles. The molecule has 1 atom stereocenters. The quantitative estimate of drug-likeness (QED) is 0.520. The van der Waals surface area contributed by atoms with Gasteiger partial charge in [-0.05, 0) is 0 Å². The molecule has 1 heterocycles. The predicted octanol–water partition coefficient (Wildman–Crippen LogP) is -0.520. The molecule has 1 N–H and O–H groups in total. The highest BCUT2D eigenvalue weighted by molar-refractivity contribution is 5.87. The van der Waals surface area contributed by atoms with Gasteiger partial charge in [-0.15, -0.1) is 0 Å². The van der Waals surface area contributed by atoms with Crippen molar-refractivity contribution in [3.63, 3.8) is 0 Å². The van der Waals surface area contributed by atoms with E-state index in [9.17, 15) is 9.59 Å². The Morgan fingerprint density at radius 2 is 2.45 bits per heavy atom. The summed E-state index contributed by atoms with van der Waals surface area (Å²) in [5.74, 6) is -0.225. The number of methoxy groups -OCH3 is 1. The molecule has 0 spiro atoms. The molecule has 62 valence electrons. The van der Waals surface area contributed by atoms with Crippen molar-refractivity contribution < 1.29 is 14.3 Å². The summed E-state index contributed by atoms with van der Waals surface area (Å²) in [7, 11) is 1.32. The molecule has 0 saturated carbocycles. The minimum absolute atomic E-state index is 0.124. The van der Waals surface area contributed by atoms with Gasteiger partial charge in [-0.1, -0.05) is 0 Å². The summed E-state index contributed by atoms with van der Waals surface area (Å²) >= 11 is 0. The van der Waals surface area contributed by atoms with E-state index in [0.717, 1.165) is 0 Å². The minimum Gasteiger partial charge on any atom is -0.468 e. The molecule has 0 aromatic rings. The van der Waals surface area contributed by atoms with Crippen molar-refractivity contribution in [3.8, 4) is 0 Å². The molecular weight excluding hydrogens is 146 g/mol. The first-order chi connectivity index (χ1) is 5.24. The average Bonchev–Trinajstić information content (AvgIpc) is 2.03. The van der Waals surface area contributed by atoms with Gasteiger partial charge in [-0.2, -0.15) is 0 Å². The monoisotopic (exact) mass is 157 g/mol. The fraction of sp³-hybridized carbons (Fsp3) is 0.714. The number of Topliss-reactive ketones (excluding diaryl/α,β-unsaturated/α-hetero) is 1. The van der Waals surface area contributed by atoms with Crippen LogP contribution >= 0.6 is 0 Å². The summed E-state index contributed by atoms with van der Waals surface area (Å²) < 4.78 is 4.48. The van der Waals surface area contributed by atoms with Gasteiger partial charge in [0.1, 0.15) is 11.8 Å². The lowest BCUT2D eigenvalue weighted by Gasteiger charge is -2.19. The summed E-state index contributed by atoms with van der Waals surface area (Å²) in [6, 6.07) is -0.416. The van der Waals surface area contributed by atoms with Gasteiger partial charge in [0.05, 0.1) is 7.11 Å². The van der Waals surface area contributed by atoms with Gasteiger partial charge in [-0.25, -0.2) is 0 Å². The number of ketones is 1. The molecule has 0 aliphatic carbocycles. The average molecular weight is 157 g/mol. The van der Waals surface area contributed by atoms with Crippen LogP contribution in [0.25, 0.3) is 0 Å². The number of hydrogen-bond donors (Lipinski definition) is 1. The largest absolute Gasteiger partial charge is 0.468 e. The third kappa shape index (κ3) is 2.01. The maximum Gasteiger partial charge on any atom is 0.323 e. The van der Waals surface area contributed by atoms with Crippen molar-refractivity contribution in [2.24, 2.45) is 0 Å². The van der Waals surface area contributed by atoms with Crippen LogP contribution in [-0.4, -0.2) is 31.4 Å². The molecule has 0 unspecified atom stereocenters. The Morgan fingerprint density at radius 1 is 1.73 bits per heavy atom. The number of rotatable bonds is 1. The van der Waals surface area contributed by atoms with Crippen LogP contribution in [0, 0.1) is 0 Å². The highest BCUT2D eigenvalue weighted by Gasteiger charge is 2.25. The third-order valence-electron chi connectivity index (χ3n) is 1.71. The summed E-state index contributed by atoms with van der Waals surface area (Å²) in [6.07, 6.45) is 0.792. The molecule has 1 fully saturated rings. The zero-order valence-electron chi connectivity index (χ0n) is 6.42. The number of piperidine rings is 1. The first-order valence-corrected chi connectivity index (χ1v) is 3.57. The fourth-order valence-electron chi connectivity index (χ4n) is 1.10. The number of esters is 1. The first kappa shape index (κ1) is 8.20. The summed E-state index contributed by atoms with van der Waals surface area (Å²) in [5, 5.41) is 2.90. The topological polar surface area (TPSA) is 55.4 Å². The summed E-state index contributed by atoms with van der Waals surface area (Å²) in [5.41, 5.74) is 0. The summed E-state index contributed by atoms with van der Waals surface area (Å²) in [6.45, 7) is 0.582. The lowest BCUT2D eigenvalue weighted by molar-refractivity contribution is -0.145. The van der Waals surface area contributed by atoms with Gasteiger partial charge < -0.3 is 10.1 Å². The maximum absolute atomic E-state index is 10.9. The smallest absolute Gasteiger partial charge is 0.323 e. The van der Waals surface area contributed by atoms with Crippen LogP contribution in [0.15, 0.2) is 0 Å². The van der Waals surface area contributed by atoms with Crippen LogP contribution in [-0.2, 0) is 14.3 Å². The predicted molar refractivity (Wildman–Crippen MR) is 38.0 cm³/mol. The molecular formula is C7H11NO3. The molecule has 0 amide bonds. The highest BCUT2D eigenvalue weighted by Crippen LogP contribution is 2.04. The second-order valence-electron chi connectivity index (χ2n) is 2.52. The van der Waals surface area contributed by atoms with Gasteiger partial charge >= 0.3 is 5.97 Å². The molecule has 1 rings (SSSR count). The third-order valence-corrected chi connectivity index (χ3v) is 1.71. The number of hydrogen-bond acceptors (Lipinski definition) is 4. The maximum atomic E-state index is 10.9. The number of carbonyl (C=O) groups is 2. The molecule has 0 aromatic heterocycles.